The van der Waals surface area contributed by atoms with Gasteiger partial charge in [-0.15, -0.1) is 0 Å². The molecule has 0 aliphatic rings. The molecule has 0 spiro atoms. The van der Waals surface area contributed by atoms with Crippen molar-refractivity contribution in [3.8, 4) is 0 Å². The van der Waals surface area contributed by atoms with Crippen LogP contribution in [0.1, 0.15) is 53.4 Å². The fraction of sp³-hybridized carbons (Fsp3) is 1.00. The van der Waals surface area contributed by atoms with E-state index in [1.165, 1.54) is 32.2 Å². The zero-order chi connectivity index (χ0) is 9.40. The van der Waals surface area contributed by atoms with E-state index in [2.05, 4.69) is 33.0 Å². The summed E-state index contributed by atoms with van der Waals surface area (Å²) in [5.41, 5.74) is 0. The molecule has 0 radical (unpaired) electrons. The Bertz CT molecular complexity index is 91.0. The van der Waals surface area contributed by atoms with Crippen LogP contribution in [0.2, 0.25) is 0 Å². The number of rotatable bonds is 7. The van der Waals surface area contributed by atoms with Crippen LogP contribution in [-0.4, -0.2) is 12.6 Å². The first-order valence-electron chi connectivity index (χ1n) is 5.49. The van der Waals surface area contributed by atoms with Crippen LogP contribution in [0.3, 0.4) is 0 Å². The van der Waals surface area contributed by atoms with Crippen molar-refractivity contribution in [2.75, 3.05) is 6.54 Å². The molecule has 1 nitrogen and oxygen atoms in total. The van der Waals surface area contributed by atoms with Crippen LogP contribution in [-0.2, 0) is 0 Å². The minimum atomic E-state index is 0.741. The first kappa shape index (κ1) is 12.0. The molecular weight excluding hydrogens is 146 g/mol. The van der Waals surface area contributed by atoms with Crippen LogP contribution in [0.4, 0.5) is 0 Å². The number of hydrogen-bond donors (Lipinski definition) is 1. The molecule has 0 aromatic rings. The van der Waals surface area contributed by atoms with Gasteiger partial charge in [-0.05, 0) is 31.7 Å². The molecule has 0 heterocycles. The van der Waals surface area contributed by atoms with Gasteiger partial charge in [0.05, 0.1) is 0 Å². The average Bonchev–Trinajstić information content (AvgIpc) is 2.06. The smallest absolute Gasteiger partial charge is 0.00900 e. The van der Waals surface area contributed by atoms with Crippen LogP contribution in [0, 0.1) is 5.92 Å². The Balaban J connectivity index is 3.62. The molecule has 74 valence electrons. The molecule has 1 N–H and O–H groups in total. The van der Waals surface area contributed by atoms with Gasteiger partial charge in [0, 0.05) is 6.04 Å². The predicted octanol–water partition coefficient (Wildman–Crippen LogP) is 3.20. The third-order valence-electron chi connectivity index (χ3n) is 2.53. The van der Waals surface area contributed by atoms with Gasteiger partial charge in [-0.2, -0.15) is 0 Å². The predicted molar refractivity (Wildman–Crippen MR) is 56.4 cm³/mol. The Morgan fingerprint density at radius 2 is 1.75 bits per heavy atom. The fourth-order valence-electron chi connectivity index (χ4n) is 1.73. The third kappa shape index (κ3) is 4.76. The highest BCUT2D eigenvalue weighted by Crippen LogP contribution is 2.12. The van der Waals surface area contributed by atoms with Crippen LogP contribution in [0.5, 0.6) is 0 Å². The molecule has 0 saturated carbocycles. The lowest BCUT2D eigenvalue weighted by Gasteiger charge is -2.23. The van der Waals surface area contributed by atoms with E-state index in [0.717, 1.165) is 12.0 Å². The summed E-state index contributed by atoms with van der Waals surface area (Å²) in [6.07, 6.45) is 5.18. The Morgan fingerprint density at radius 1 is 1.08 bits per heavy atom. The molecule has 0 amide bonds. The molecule has 0 rings (SSSR count). The van der Waals surface area contributed by atoms with Gasteiger partial charge in [0.2, 0.25) is 0 Å². The van der Waals surface area contributed by atoms with Gasteiger partial charge in [-0.3, -0.25) is 0 Å². The van der Waals surface area contributed by atoms with E-state index in [1.54, 1.807) is 0 Å². The highest BCUT2D eigenvalue weighted by molar-refractivity contribution is 4.70. The Kier molecular flexibility index (Phi) is 7.58. The maximum Gasteiger partial charge on any atom is 0.00900 e. The van der Waals surface area contributed by atoms with Crippen molar-refractivity contribution in [1.82, 2.24) is 5.32 Å². The fourth-order valence-corrected chi connectivity index (χ4v) is 1.73. The monoisotopic (exact) mass is 171 g/mol. The topological polar surface area (TPSA) is 12.0 Å². The molecule has 0 fully saturated rings. The van der Waals surface area contributed by atoms with Gasteiger partial charge in [-0.25, -0.2) is 0 Å². The summed E-state index contributed by atoms with van der Waals surface area (Å²) in [7, 11) is 0. The van der Waals surface area contributed by atoms with Crippen LogP contribution in [0.15, 0.2) is 0 Å². The first-order valence-corrected chi connectivity index (χ1v) is 5.49. The molecule has 0 aromatic heterocycles. The summed E-state index contributed by atoms with van der Waals surface area (Å²) in [5, 5.41) is 3.60. The second-order valence-corrected chi connectivity index (χ2v) is 3.73. The largest absolute Gasteiger partial charge is 0.314 e. The second kappa shape index (κ2) is 7.60. The summed E-state index contributed by atoms with van der Waals surface area (Å²) in [4.78, 5) is 0. The van der Waals surface area contributed by atoms with E-state index in [0.29, 0.717) is 0 Å². The van der Waals surface area contributed by atoms with Crippen molar-refractivity contribution in [2.24, 2.45) is 5.92 Å². The highest BCUT2D eigenvalue weighted by Gasteiger charge is 2.12. The maximum absolute atomic E-state index is 3.60. The van der Waals surface area contributed by atoms with E-state index in [4.69, 9.17) is 0 Å². The van der Waals surface area contributed by atoms with Crippen LogP contribution in [0.25, 0.3) is 0 Å². The molecule has 2 atom stereocenters. The van der Waals surface area contributed by atoms with E-state index >= 15 is 0 Å². The number of hydrogen-bond acceptors (Lipinski definition) is 1. The lowest BCUT2D eigenvalue weighted by Crippen LogP contribution is -2.34. The lowest BCUT2D eigenvalue weighted by molar-refractivity contribution is 0.346. The molecule has 2 unspecified atom stereocenters. The third-order valence-corrected chi connectivity index (χ3v) is 2.53. The summed E-state index contributed by atoms with van der Waals surface area (Å²) >= 11 is 0. The summed E-state index contributed by atoms with van der Waals surface area (Å²) < 4.78 is 0. The van der Waals surface area contributed by atoms with E-state index < -0.39 is 0 Å². The summed E-state index contributed by atoms with van der Waals surface area (Å²) in [6, 6.07) is 0.741. The molecule has 0 aliphatic heterocycles. The minimum Gasteiger partial charge on any atom is -0.314 e. The maximum atomic E-state index is 3.60. The summed E-state index contributed by atoms with van der Waals surface area (Å²) in [5.74, 6) is 0.839. The molecule has 0 bridgehead atoms. The molecule has 1 heteroatoms. The average molecular weight is 171 g/mol. The minimum absolute atomic E-state index is 0.741. The quantitative estimate of drug-likeness (QED) is 0.620. The SMILES string of the molecule is CCCNC(CC)C(C)CCC. The van der Waals surface area contributed by atoms with Crippen molar-refractivity contribution in [2.45, 2.75) is 59.4 Å². The van der Waals surface area contributed by atoms with Crippen molar-refractivity contribution in [3.63, 3.8) is 0 Å². The Labute approximate surface area is 77.9 Å². The van der Waals surface area contributed by atoms with E-state index in [1.807, 2.05) is 0 Å². The van der Waals surface area contributed by atoms with Gasteiger partial charge >= 0.3 is 0 Å². The van der Waals surface area contributed by atoms with Crippen molar-refractivity contribution in [1.29, 1.82) is 0 Å². The normalized spacial score (nSPS) is 16.0. The van der Waals surface area contributed by atoms with E-state index in [9.17, 15) is 0 Å². The van der Waals surface area contributed by atoms with Gasteiger partial charge in [0.1, 0.15) is 0 Å². The zero-order valence-corrected chi connectivity index (χ0v) is 9.19. The van der Waals surface area contributed by atoms with Crippen LogP contribution >= 0.6 is 0 Å². The standard InChI is InChI=1S/C11H25N/c1-5-8-10(4)11(7-3)12-9-6-2/h10-12H,5-9H2,1-4H3. The first-order chi connectivity index (χ1) is 5.76. The Hall–Kier alpha value is -0.0400. The molecular formula is C11H25N. The van der Waals surface area contributed by atoms with Gasteiger partial charge < -0.3 is 5.32 Å². The molecule has 0 saturated heterocycles. The zero-order valence-electron chi connectivity index (χ0n) is 9.19. The number of nitrogens with one attached hydrogen (secondary N) is 1. The molecule has 0 aromatic carbocycles. The highest BCUT2D eigenvalue weighted by atomic mass is 14.9. The molecule has 0 aliphatic carbocycles. The second-order valence-electron chi connectivity index (χ2n) is 3.73. The van der Waals surface area contributed by atoms with Crippen LogP contribution < -0.4 is 5.32 Å². The molecule has 12 heavy (non-hydrogen) atoms. The van der Waals surface area contributed by atoms with Gasteiger partial charge in [0.25, 0.3) is 0 Å². The van der Waals surface area contributed by atoms with Gasteiger partial charge in [0.15, 0.2) is 0 Å². The van der Waals surface area contributed by atoms with Crippen molar-refractivity contribution in [3.05, 3.63) is 0 Å². The lowest BCUT2D eigenvalue weighted by atomic mass is 9.95. The van der Waals surface area contributed by atoms with Crippen molar-refractivity contribution >= 4 is 0 Å². The Morgan fingerprint density at radius 3 is 2.17 bits per heavy atom. The van der Waals surface area contributed by atoms with E-state index in [-0.39, 0.29) is 0 Å². The summed E-state index contributed by atoms with van der Waals surface area (Å²) in [6.45, 7) is 10.3. The van der Waals surface area contributed by atoms with Gasteiger partial charge in [-0.1, -0.05) is 34.1 Å². The van der Waals surface area contributed by atoms with Crippen molar-refractivity contribution < 1.29 is 0 Å².